The second-order valence-corrected chi connectivity index (χ2v) is 4.64. The van der Waals surface area contributed by atoms with Gasteiger partial charge in [0, 0.05) is 6.20 Å². The van der Waals surface area contributed by atoms with Crippen molar-refractivity contribution in [1.29, 1.82) is 0 Å². The molecule has 0 spiro atoms. The number of hydrogen-bond donors (Lipinski definition) is 0. The van der Waals surface area contributed by atoms with E-state index in [2.05, 4.69) is 10.7 Å². The van der Waals surface area contributed by atoms with Gasteiger partial charge in [0.25, 0.3) is 0 Å². The molecule has 0 atom stereocenters. The van der Waals surface area contributed by atoms with Gasteiger partial charge in [0.05, 0.1) is 11.3 Å². The van der Waals surface area contributed by atoms with Gasteiger partial charge >= 0.3 is 0 Å². The Morgan fingerprint density at radius 3 is 2.50 bits per heavy atom. The van der Waals surface area contributed by atoms with Crippen molar-refractivity contribution in [3.8, 4) is 0 Å². The summed E-state index contributed by atoms with van der Waals surface area (Å²) in [6, 6.07) is 0. The van der Waals surface area contributed by atoms with Crippen molar-refractivity contribution in [3.63, 3.8) is 0 Å². The minimum Gasteiger partial charge on any atom is -0.297 e. The lowest BCUT2D eigenvalue weighted by atomic mass is 10.1. The van der Waals surface area contributed by atoms with Crippen molar-refractivity contribution in [1.82, 2.24) is 0 Å². The van der Waals surface area contributed by atoms with E-state index in [-0.39, 0.29) is 0 Å². The number of nitrogens with zero attached hydrogens (tertiary/aromatic N) is 1. The van der Waals surface area contributed by atoms with Crippen LogP contribution in [0.1, 0.15) is 34.1 Å². The predicted octanol–water partition coefficient (Wildman–Crippen LogP) is 4.31. The van der Waals surface area contributed by atoms with Crippen LogP contribution in [-0.2, 0) is 4.79 Å². The molecular weight excluding hydrogens is 242 g/mol. The molecule has 18 heavy (non-hydrogen) atoms. The molecule has 0 saturated carbocycles. The summed E-state index contributed by atoms with van der Waals surface area (Å²) in [7, 11) is 0. The van der Waals surface area contributed by atoms with Crippen LogP contribution in [-0.4, -0.2) is 18.3 Å². The van der Waals surface area contributed by atoms with Crippen molar-refractivity contribution in [2.24, 2.45) is 4.99 Å². The third kappa shape index (κ3) is 5.35. The van der Waals surface area contributed by atoms with Crippen LogP contribution in [0.5, 0.6) is 0 Å². The molecule has 0 aromatic carbocycles. The monoisotopic (exact) mass is 263 g/mol. The maximum Gasteiger partial charge on any atom is 0.159 e. The van der Waals surface area contributed by atoms with Crippen LogP contribution in [0.2, 0.25) is 0 Å². The Morgan fingerprint density at radius 2 is 2.06 bits per heavy atom. The third-order valence-electron chi connectivity index (χ3n) is 2.41. The van der Waals surface area contributed by atoms with E-state index in [9.17, 15) is 4.79 Å². The summed E-state index contributed by atoms with van der Waals surface area (Å²) in [5.74, 6) is 0. The number of rotatable bonds is 6. The molecule has 3 heteroatoms. The van der Waals surface area contributed by atoms with Crippen LogP contribution < -0.4 is 0 Å². The molecule has 0 aliphatic heterocycles. The van der Waals surface area contributed by atoms with Gasteiger partial charge in [-0.15, -0.1) is 17.5 Å². The molecule has 0 radical (unpaired) electrons. The van der Waals surface area contributed by atoms with E-state index in [1.54, 1.807) is 24.0 Å². The molecule has 0 saturated heterocycles. The van der Waals surface area contributed by atoms with Crippen molar-refractivity contribution in [3.05, 3.63) is 40.1 Å². The van der Waals surface area contributed by atoms with Gasteiger partial charge in [0.15, 0.2) is 6.29 Å². The molecule has 0 aliphatic rings. The number of carbonyl (C=O) groups is 1. The zero-order valence-corrected chi connectivity index (χ0v) is 12.6. The molecule has 0 aliphatic carbocycles. The Labute approximate surface area is 114 Å². The number of aldehydes is 1. The molecule has 0 rings (SSSR count). The quantitative estimate of drug-likeness (QED) is 0.309. The topological polar surface area (TPSA) is 29.4 Å². The number of carbonyl (C=O) groups excluding carboxylic acids is 1. The molecule has 0 fully saturated rings. The Hall–Kier alpha value is -1.31. The van der Waals surface area contributed by atoms with E-state index in [1.165, 1.54) is 0 Å². The molecule has 0 heterocycles. The van der Waals surface area contributed by atoms with Gasteiger partial charge in [-0.2, -0.15) is 0 Å². The molecular formula is C15H21NOS. The highest BCUT2D eigenvalue weighted by Crippen LogP contribution is 2.19. The highest BCUT2D eigenvalue weighted by atomic mass is 32.2. The summed E-state index contributed by atoms with van der Waals surface area (Å²) in [4.78, 5) is 16.7. The average molecular weight is 263 g/mol. The van der Waals surface area contributed by atoms with E-state index < -0.39 is 0 Å². The van der Waals surface area contributed by atoms with Gasteiger partial charge in [0.2, 0.25) is 0 Å². The molecule has 0 unspecified atom stereocenters. The fourth-order valence-corrected chi connectivity index (χ4v) is 1.64. The summed E-state index contributed by atoms with van der Waals surface area (Å²) in [5.41, 5.74) is 5.13. The largest absolute Gasteiger partial charge is 0.297 e. The van der Waals surface area contributed by atoms with E-state index in [4.69, 9.17) is 0 Å². The van der Waals surface area contributed by atoms with Gasteiger partial charge in [-0.05, 0) is 50.0 Å². The third-order valence-corrected chi connectivity index (χ3v) is 3.33. The first-order valence-corrected chi connectivity index (χ1v) is 7.16. The highest BCUT2D eigenvalue weighted by molar-refractivity contribution is 8.02. The molecule has 98 valence electrons. The molecule has 0 N–H and O–H groups in total. The van der Waals surface area contributed by atoms with Gasteiger partial charge in [-0.3, -0.25) is 9.79 Å². The van der Waals surface area contributed by atoms with Crippen molar-refractivity contribution in [2.75, 3.05) is 6.26 Å². The number of thioether (sulfide) groups is 1. The second-order valence-electron chi connectivity index (χ2n) is 3.62. The standard InChI is InChI=1S/C15H21NOS/c1-6-8-10-16-15(12(3)13(4)18-5)14(11-17)9-7-2/h7-8,10-11H,6H2,1-5H3/b10-8+,13-12+,16-15-. The highest BCUT2D eigenvalue weighted by Gasteiger charge is 2.10. The number of aliphatic imine (C=N–C) groups is 1. The summed E-state index contributed by atoms with van der Waals surface area (Å²) >= 11 is 1.65. The van der Waals surface area contributed by atoms with Gasteiger partial charge < -0.3 is 0 Å². The Bertz CT molecular complexity index is 435. The fourth-order valence-electron chi connectivity index (χ4n) is 1.23. The summed E-state index contributed by atoms with van der Waals surface area (Å²) in [6.07, 6.45) is 9.16. The lowest BCUT2D eigenvalue weighted by Gasteiger charge is -2.07. The lowest BCUT2D eigenvalue weighted by Crippen LogP contribution is -2.06. The minimum atomic E-state index is 0.490. The minimum absolute atomic E-state index is 0.490. The normalized spacial score (nSPS) is 13.1. The van der Waals surface area contributed by atoms with Gasteiger partial charge in [0.1, 0.15) is 0 Å². The number of allylic oxidation sites excluding steroid dienone is 4. The number of hydrogen-bond acceptors (Lipinski definition) is 3. The molecule has 0 aromatic rings. The zero-order chi connectivity index (χ0) is 14.0. The first-order chi connectivity index (χ1) is 8.62. The smallest absolute Gasteiger partial charge is 0.159 e. The molecule has 2 nitrogen and oxygen atoms in total. The Morgan fingerprint density at radius 1 is 1.39 bits per heavy atom. The predicted molar refractivity (Wildman–Crippen MR) is 82.1 cm³/mol. The molecule has 0 aromatic heterocycles. The molecule has 0 amide bonds. The van der Waals surface area contributed by atoms with Crippen molar-refractivity contribution in [2.45, 2.75) is 34.1 Å². The maximum atomic E-state index is 11.1. The first-order valence-electron chi connectivity index (χ1n) is 5.93. The SMILES string of the molecule is CC=C=C(C=O)C(=N\C=C\CC)/C(C)=C(\C)SC. The van der Waals surface area contributed by atoms with E-state index in [0.717, 1.165) is 23.2 Å². The van der Waals surface area contributed by atoms with E-state index in [0.29, 0.717) is 11.3 Å². The fraction of sp³-hybridized carbons (Fsp3) is 0.400. The Balaban J connectivity index is 5.74. The van der Waals surface area contributed by atoms with Crippen LogP contribution in [0.3, 0.4) is 0 Å². The van der Waals surface area contributed by atoms with Crippen LogP contribution >= 0.6 is 11.8 Å². The van der Waals surface area contributed by atoms with Crippen LogP contribution in [0.4, 0.5) is 0 Å². The van der Waals surface area contributed by atoms with E-state index >= 15 is 0 Å². The van der Waals surface area contributed by atoms with Crippen LogP contribution in [0.25, 0.3) is 0 Å². The van der Waals surface area contributed by atoms with Gasteiger partial charge in [-0.25, -0.2) is 0 Å². The summed E-state index contributed by atoms with van der Waals surface area (Å²) < 4.78 is 0. The average Bonchev–Trinajstić information content (AvgIpc) is 2.40. The van der Waals surface area contributed by atoms with Crippen LogP contribution in [0, 0.1) is 0 Å². The molecule has 0 bridgehead atoms. The van der Waals surface area contributed by atoms with Crippen molar-refractivity contribution >= 4 is 23.8 Å². The summed E-state index contributed by atoms with van der Waals surface area (Å²) in [5, 5.41) is 0. The second kappa shape index (κ2) is 9.69. The van der Waals surface area contributed by atoms with Crippen LogP contribution in [0.15, 0.2) is 45.1 Å². The summed E-state index contributed by atoms with van der Waals surface area (Å²) in [6.45, 7) is 7.88. The van der Waals surface area contributed by atoms with E-state index in [1.807, 2.05) is 40.0 Å². The lowest BCUT2D eigenvalue weighted by molar-refractivity contribution is -0.104. The maximum absolute atomic E-state index is 11.1. The first kappa shape index (κ1) is 16.7. The zero-order valence-electron chi connectivity index (χ0n) is 11.8. The van der Waals surface area contributed by atoms with Crippen molar-refractivity contribution < 1.29 is 4.79 Å². The Kier molecular flexibility index (Phi) is 8.99. The van der Waals surface area contributed by atoms with Gasteiger partial charge in [-0.1, -0.05) is 13.0 Å².